The van der Waals surface area contributed by atoms with Crippen molar-refractivity contribution in [1.82, 2.24) is 14.8 Å². The molecule has 2 aromatic carbocycles. The number of nitrogens with one attached hydrogen (secondary N) is 1. The number of piperazine rings is 1. The first-order valence-electron chi connectivity index (χ1n) is 16.0. The first-order chi connectivity index (χ1) is 21.1. The van der Waals surface area contributed by atoms with Gasteiger partial charge in [0.1, 0.15) is 0 Å². The molecule has 2 saturated heterocycles. The molecule has 2 fully saturated rings. The SMILES string of the molecule is N#Cc1ccc2[nH]cc(CCCCN3CCN(c4ccc(C(=O)CCC5CCN(Cc6ccoc6)CC5)cc4)CC3)c2c1. The smallest absolute Gasteiger partial charge is 0.162 e. The fraction of sp³-hybridized carbons (Fsp3) is 0.444. The minimum absolute atomic E-state index is 0.273. The van der Waals surface area contributed by atoms with Crippen molar-refractivity contribution in [2.75, 3.05) is 50.7 Å². The third-order valence-corrected chi connectivity index (χ3v) is 9.47. The normalized spacial score (nSPS) is 17.0. The zero-order valence-electron chi connectivity index (χ0n) is 25.1. The van der Waals surface area contributed by atoms with E-state index in [1.54, 1.807) is 6.26 Å². The van der Waals surface area contributed by atoms with Crippen molar-refractivity contribution in [1.29, 1.82) is 5.26 Å². The van der Waals surface area contributed by atoms with Gasteiger partial charge in [0.15, 0.2) is 5.78 Å². The van der Waals surface area contributed by atoms with Gasteiger partial charge >= 0.3 is 0 Å². The average Bonchev–Trinajstić information content (AvgIpc) is 3.72. The van der Waals surface area contributed by atoms with Gasteiger partial charge in [0.2, 0.25) is 0 Å². The number of benzene rings is 2. The second-order valence-corrected chi connectivity index (χ2v) is 12.3. The first kappa shape index (κ1) is 29.2. The first-order valence-corrected chi connectivity index (χ1v) is 16.0. The summed E-state index contributed by atoms with van der Waals surface area (Å²) in [7, 11) is 0. The Balaban J connectivity index is 0.876. The van der Waals surface area contributed by atoms with Crippen LogP contribution in [0.2, 0.25) is 0 Å². The maximum absolute atomic E-state index is 12.9. The highest BCUT2D eigenvalue weighted by molar-refractivity contribution is 5.96. The van der Waals surface area contributed by atoms with E-state index in [0.29, 0.717) is 12.3 Å². The monoisotopic (exact) mass is 577 g/mol. The Kier molecular flexibility index (Phi) is 9.56. The van der Waals surface area contributed by atoms with Crippen molar-refractivity contribution >= 4 is 22.4 Å². The van der Waals surface area contributed by atoms with Gasteiger partial charge < -0.3 is 14.3 Å². The van der Waals surface area contributed by atoms with Gasteiger partial charge in [-0.3, -0.25) is 14.6 Å². The van der Waals surface area contributed by atoms with Crippen LogP contribution in [-0.4, -0.2) is 66.4 Å². The van der Waals surface area contributed by atoms with E-state index >= 15 is 0 Å². The zero-order valence-corrected chi connectivity index (χ0v) is 25.1. The molecule has 0 spiro atoms. The lowest BCUT2D eigenvalue weighted by atomic mass is 9.90. The number of aryl methyl sites for hydroxylation is 1. The molecule has 0 radical (unpaired) electrons. The highest BCUT2D eigenvalue weighted by atomic mass is 16.3. The highest BCUT2D eigenvalue weighted by Crippen LogP contribution is 2.25. The van der Waals surface area contributed by atoms with Crippen LogP contribution in [-0.2, 0) is 13.0 Å². The maximum Gasteiger partial charge on any atom is 0.162 e. The molecule has 2 aliphatic rings. The summed E-state index contributed by atoms with van der Waals surface area (Å²) in [5, 5.41) is 10.4. The Bertz CT molecular complexity index is 1500. The molecule has 0 saturated carbocycles. The van der Waals surface area contributed by atoms with Crippen LogP contribution >= 0.6 is 0 Å². The molecule has 1 N–H and O–H groups in total. The number of likely N-dealkylation sites (tertiary alicyclic amines) is 1. The minimum Gasteiger partial charge on any atom is -0.472 e. The van der Waals surface area contributed by atoms with Crippen LogP contribution in [0.3, 0.4) is 0 Å². The molecule has 0 unspecified atom stereocenters. The van der Waals surface area contributed by atoms with Gasteiger partial charge in [0.25, 0.3) is 0 Å². The van der Waals surface area contributed by atoms with E-state index in [1.807, 2.05) is 42.7 Å². The molecule has 7 nitrogen and oxygen atoms in total. The number of hydrogen-bond donors (Lipinski definition) is 1. The van der Waals surface area contributed by atoms with Crippen molar-refractivity contribution in [3.05, 3.63) is 89.5 Å². The number of rotatable bonds is 12. The Morgan fingerprint density at radius 2 is 1.77 bits per heavy atom. The molecule has 4 heterocycles. The number of carbonyl (C=O) groups excluding carboxylic acids is 1. The fourth-order valence-electron chi connectivity index (χ4n) is 6.75. The molecule has 6 rings (SSSR count). The molecule has 0 amide bonds. The van der Waals surface area contributed by atoms with Crippen LogP contribution in [0.15, 0.2) is 71.7 Å². The number of anilines is 1. The lowest BCUT2D eigenvalue weighted by Gasteiger charge is -2.36. The Hall–Kier alpha value is -3.86. The summed E-state index contributed by atoms with van der Waals surface area (Å²) >= 11 is 0. The summed E-state index contributed by atoms with van der Waals surface area (Å²) in [5.74, 6) is 0.918. The second-order valence-electron chi connectivity index (χ2n) is 12.3. The molecule has 0 aliphatic carbocycles. The minimum atomic E-state index is 0.273. The molecular formula is C36H43N5O2. The van der Waals surface area contributed by atoms with Gasteiger partial charge in [-0.25, -0.2) is 0 Å². The summed E-state index contributed by atoms with van der Waals surface area (Å²) in [4.78, 5) is 23.8. The number of ketones is 1. The lowest BCUT2D eigenvalue weighted by Crippen LogP contribution is -2.46. The van der Waals surface area contributed by atoms with E-state index in [-0.39, 0.29) is 5.78 Å². The number of furan rings is 1. The third kappa shape index (κ3) is 7.57. The number of aromatic nitrogens is 1. The molecule has 4 aromatic rings. The molecule has 2 aromatic heterocycles. The number of carbonyl (C=O) groups is 1. The van der Waals surface area contributed by atoms with Crippen LogP contribution in [0.4, 0.5) is 5.69 Å². The number of piperidine rings is 1. The summed E-state index contributed by atoms with van der Waals surface area (Å²) < 4.78 is 5.19. The van der Waals surface area contributed by atoms with E-state index in [4.69, 9.17) is 4.42 Å². The summed E-state index contributed by atoms with van der Waals surface area (Å²) in [6.07, 6.45) is 13.0. The summed E-state index contributed by atoms with van der Waals surface area (Å²) in [6, 6.07) is 18.5. The molecular weight excluding hydrogens is 534 g/mol. The fourth-order valence-corrected chi connectivity index (χ4v) is 6.75. The van der Waals surface area contributed by atoms with Crippen molar-refractivity contribution in [2.45, 2.75) is 51.5 Å². The summed E-state index contributed by atoms with van der Waals surface area (Å²) in [6.45, 7) is 8.46. The number of H-pyrrole nitrogens is 1. The Labute approximate surface area is 255 Å². The molecule has 2 aliphatic heterocycles. The van der Waals surface area contributed by atoms with E-state index in [1.165, 1.54) is 41.5 Å². The molecule has 43 heavy (non-hydrogen) atoms. The number of fused-ring (bicyclic) bond motifs is 1. The molecule has 7 heteroatoms. The van der Waals surface area contributed by atoms with Gasteiger partial charge in [-0.15, -0.1) is 0 Å². The van der Waals surface area contributed by atoms with Crippen LogP contribution in [0.25, 0.3) is 10.9 Å². The Morgan fingerprint density at radius 1 is 0.953 bits per heavy atom. The topological polar surface area (TPSA) is 79.5 Å². The standard InChI is InChI=1S/C36H43N5O2/c37-24-29-4-10-35-34(23-29)32(25-38-35)3-1-2-15-39-18-20-41(21-19-39)33-8-6-31(7-9-33)36(42)11-5-28-12-16-40(17-13-28)26-30-14-22-43-27-30/h4,6-10,14,22-23,25,27-28,38H,1-3,5,11-13,15-21,26H2. The summed E-state index contributed by atoms with van der Waals surface area (Å²) in [5.41, 5.74) is 6.44. The second kappa shape index (κ2) is 14.1. The number of nitrogens with zero attached hydrogens (tertiary/aromatic N) is 4. The van der Waals surface area contributed by atoms with E-state index < -0.39 is 0 Å². The van der Waals surface area contributed by atoms with Gasteiger partial charge in [-0.1, -0.05) is 0 Å². The van der Waals surface area contributed by atoms with Crippen molar-refractivity contribution in [2.24, 2.45) is 5.92 Å². The van der Waals surface area contributed by atoms with Crippen molar-refractivity contribution in [3.8, 4) is 6.07 Å². The van der Waals surface area contributed by atoms with Crippen molar-refractivity contribution in [3.63, 3.8) is 0 Å². The predicted molar refractivity (Wildman–Crippen MR) is 171 cm³/mol. The number of hydrogen-bond acceptors (Lipinski definition) is 6. The number of aromatic amines is 1. The van der Waals surface area contributed by atoms with Gasteiger partial charge in [0, 0.05) is 73.1 Å². The van der Waals surface area contributed by atoms with Gasteiger partial charge in [-0.05, 0) is 118 Å². The lowest BCUT2D eigenvalue weighted by molar-refractivity contribution is 0.0961. The van der Waals surface area contributed by atoms with Crippen LogP contribution in [0.5, 0.6) is 0 Å². The van der Waals surface area contributed by atoms with Crippen LogP contribution in [0, 0.1) is 17.2 Å². The Morgan fingerprint density at radius 3 is 2.51 bits per heavy atom. The van der Waals surface area contributed by atoms with E-state index in [2.05, 4.69) is 44.1 Å². The molecule has 0 bridgehead atoms. The third-order valence-electron chi connectivity index (χ3n) is 9.47. The number of unbranched alkanes of at least 4 members (excludes halogenated alkanes) is 1. The predicted octanol–water partition coefficient (Wildman–Crippen LogP) is 6.65. The maximum atomic E-state index is 12.9. The van der Waals surface area contributed by atoms with E-state index in [9.17, 15) is 10.1 Å². The number of nitriles is 1. The quantitative estimate of drug-likeness (QED) is 0.150. The van der Waals surface area contributed by atoms with Gasteiger partial charge in [-0.2, -0.15) is 5.26 Å². The van der Waals surface area contributed by atoms with Crippen LogP contribution < -0.4 is 4.90 Å². The zero-order chi connectivity index (χ0) is 29.4. The highest BCUT2D eigenvalue weighted by Gasteiger charge is 2.21. The van der Waals surface area contributed by atoms with Crippen molar-refractivity contribution < 1.29 is 9.21 Å². The average molecular weight is 578 g/mol. The van der Waals surface area contributed by atoms with Gasteiger partial charge in [0.05, 0.1) is 24.2 Å². The molecule has 0 atom stereocenters. The number of Topliss-reactive ketones (excluding diaryl/α,β-unsaturated/α-hetero) is 1. The molecule has 224 valence electrons. The van der Waals surface area contributed by atoms with E-state index in [0.717, 1.165) is 88.3 Å². The van der Waals surface area contributed by atoms with Crippen LogP contribution in [0.1, 0.15) is 65.6 Å². The largest absolute Gasteiger partial charge is 0.472 e.